The smallest absolute Gasteiger partial charge is 0.432 e. The van der Waals surface area contributed by atoms with Gasteiger partial charge in [-0.1, -0.05) is 56.2 Å². The summed E-state index contributed by atoms with van der Waals surface area (Å²) in [7, 11) is 0. The average Bonchev–Trinajstić information content (AvgIpc) is 2.92. The van der Waals surface area contributed by atoms with E-state index in [-0.39, 0.29) is 24.0 Å². The largest absolute Gasteiger partial charge is 0.453 e. The molecule has 226 valence electrons. The van der Waals surface area contributed by atoms with Gasteiger partial charge in [-0.05, 0) is 53.3 Å². The molecule has 0 aliphatic rings. The zero-order valence-corrected chi connectivity index (χ0v) is 22.5. The van der Waals surface area contributed by atoms with Crippen LogP contribution in [-0.2, 0) is 12.5 Å². The van der Waals surface area contributed by atoms with Crippen molar-refractivity contribution in [2.45, 2.75) is 38.7 Å². The van der Waals surface area contributed by atoms with Crippen LogP contribution in [0.3, 0.4) is 0 Å². The van der Waals surface area contributed by atoms with E-state index >= 15 is 4.39 Å². The Kier molecular flexibility index (Phi) is 9.73. The molecule has 0 N–H and O–H groups in total. The van der Waals surface area contributed by atoms with Crippen molar-refractivity contribution in [3.63, 3.8) is 0 Å². The fraction of sp³-hybridized carbons (Fsp3) is 0.188. The van der Waals surface area contributed by atoms with Crippen molar-refractivity contribution < 1.29 is 49.0 Å². The lowest BCUT2D eigenvalue weighted by Crippen LogP contribution is -2.25. The first-order valence-electron chi connectivity index (χ1n) is 13.0. The monoisotopic (exact) mass is 610 g/mol. The third-order valence-electron chi connectivity index (χ3n) is 6.45. The van der Waals surface area contributed by atoms with Gasteiger partial charge in [-0.15, -0.1) is 0 Å². The second-order valence-corrected chi connectivity index (χ2v) is 9.52. The van der Waals surface area contributed by atoms with E-state index in [2.05, 4.69) is 16.4 Å². The van der Waals surface area contributed by atoms with Crippen molar-refractivity contribution in [1.29, 1.82) is 0 Å². The summed E-state index contributed by atoms with van der Waals surface area (Å²) in [5.74, 6) is -10.5. The van der Waals surface area contributed by atoms with E-state index in [1.807, 2.05) is 24.3 Å². The zero-order chi connectivity index (χ0) is 31.3. The first kappa shape index (κ1) is 31.5. The lowest BCUT2D eigenvalue weighted by Gasteiger charge is -2.20. The summed E-state index contributed by atoms with van der Waals surface area (Å²) in [4.78, 5) is 0. The van der Waals surface area contributed by atoms with Crippen molar-refractivity contribution in [2.75, 3.05) is 0 Å². The summed E-state index contributed by atoms with van der Waals surface area (Å²) < 4.78 is 135. The van der Waals surface area contributed by atoms with E-state index in [0.29, 0.717) is 23.3 Å². The van der Waals surface area contributed by atoms with Gasteiger partial charge in [-0.3, -0.25) is 0 Å². The second-order valence-electron chi connectivity index (χ2n) is 9.52. The standard InChI is InChI=1S/C32H23F9O2/c1-2-3-4-5-18-6-8-19(9-7-18)20-10-11-23(24(33)12-20)21-13-25(34)30(26(35)14-21)32(40,41)43-22-15-27(36)31(28(37)16-22)42-17-29(38)39/h6-17H,2-5H2,1H3. The van der Waals surface area contributed by atoms with Crippen molar-refractivity contribution >= 4 is 0 Å². The highest BCUT2D eigenvalue weighted by atomic mass is 19.3. The molecule has 0 radical (unpaired) electrons. The van der Waals surface area contributed by atoms with Gasteiger partial charge in [-0.2, -0.15) is 17.6 Å². The minimum absolute atomic E-state index is 0.150. The van der Waals surface area contributed by atoms with Crippen LogP contribution in [0.2, 0.25) is 0 Å². The van der Waals surface area contributed by atoms with E-state index in [4.69, 9.17) is 0 Å². The van der Waals surface area contributed by atoms with E-state index in [1.54, 1.807) is 0 Å². The number of hydrogen-bond acceptors (Lipinski definition) is 2. The highest BCUT2D eigenvalue weighted by molar-refractivity contribution is 5.71. The van der Waals surface area contributed by atoms with Crippen LogP contribution in [0.4, 0.5) is 39.5 Å². The molecule has 0 fully saturated rings. The SMILES string of the molecule is CCCCCc1ccc(-c2ccc(-c3cc(F)c(C(F)(F)Oc4cc(F)c(OC=C(F)F)c(F)c4)c(F)c3)c(F)c2)cc1. The Morgan fingerprint density at radius 3 is 1.84 bits per heavy atom. The molecule has 43 heavy (non-hydrogen) atoms. The Bertz CT molecular complexity index is 1580. The molecule has 11 heteroatoms. The van der Waals surface area contributed by atoms with Gasteiger partial charge >= 0.3 is 12.2 Å². The molecule has 4 rings (SSSR count). The summed E-state index contributed by atoms with van der Waals surface area (Å²) in [5.41, 5.74) is -0.252. The Balaban J connectivity index is 1.56. The molecule has 0 spiro atoms. The second kappa shape index (κ2) is 13.3. The minimum Gasteiger partial charge on any atom is -0.453 e. The molecule has 0 saturated heterocycles. The van der Waals surface area contributed by atoms with Crippen molar-refractivity contribution in [3.05, 3.63) is 119 Å². The number of aryl methyl sites for hydroxylation is 1. The summed E-state index contributed by atoms with van der Waals surface area (Å²) in [5, 5.41) is 0. The first-order chi connectivity index (χ1) is 20.4. The first-order valence-corrected chi connectivity index (χ1v) is 13.0. The van der Waals surface area contributed by atoms with Crippen LogP contribution in [-0.4, -0.2) is 0 Å². The van der Waals surface area contributed by atoms with Gasteiger partial charge in [0.15, 0.2) is 23.6 Å². The molecule has 0 heterocycles. The highest BCUT2D eigenvalue weighted by Crippen LogP contribution is 2.39. The lowest BCUT2D eigenvalue weighted by atomic mass is 9.97. The van der Waals surface area contributed by atoms with Crippen LogP contribution >= 0.6 is 0 Å². The maximum Gasteiger partial charge on any atom is 0.432 e. The van der Waals surface area contributed by atoms with Gasteiger partial charge in [0, 0.05) is 17.7 Å². The Morgan fingerprint density at radius 1 is 0.698 bits per heavy atom. The van der Waals surface area contributed by atoms with Gasteiger partial charge in [-0.25, -0.2) is 22.0 Å². The molecule has 4 aromatic carbocycles. The summed E-state index contributed by atoms with van der Waals surface area (Å²) in [6.45, 7) is 2.11. The molecule has 0 bridgehead atoms. The molecule has 0 aliphatic carbocycles. The number of ether oxygens (including phenoxy) is 2. The van der Waals surface area contributed by atoms with E-state index in [1.165, 1.54) is 12.1 Å². The topological polar surface area (TPSA) is 18.5 Å². The molecule has 4 aromatic rings. The van der Waals surface area contributed by atoms with Gasteiger partial charge in [0.2, 0.25) is 0 Å². The van der Waals surface area contributed by atoms with Crippen LogP contribution in [0, 0.1) is 29.1 Å². The number of halogens is 9. The maximum atomic E-state index is 15.1. The zero-order valence-electron chi connectivity index (χ0n) is 22.5. The fourth-order valence-corrected chi connectivity index (χ4v) is 4.39. The minimum atomic E-state index is -4.80. The predicted octanol–water partition coefficient (Wildman–Crippen LogP) is 10.7. The molecule has 0 atom stereocenters. The van der Waals surface area contributed by atoms with E-state index < -0.39 is 63.9 Å². The van der Waals surface area contributed by atoms with Crippen LogP contribution in [0.15, 0.2) is 79.1 Å². The van der Waals surface area contributed by atoms with E-state index in [9.17, 15) is 35.1 Å². The number of rotatable bonds is 11. The predicted molar refractivity (Wildman–Crippen MR) is 142 cm³/mol. The number of alkyl halides is 2. The Hall–Kier alpha value is -4.41. The third kappa shape index (κ3) is 7.52. The molecule has 0 aromatic heterocycles. The van der Waals surface area contributed by atoms with Crippen LogP contribution in [0.25, 0.3) is 22.3 Å². The Labute approximate surface area is 241 Å². The number of benzene rings is 4. The van der Waals surface area contributed by atoms with Crippen LogP contribution in [0.1, 0.15) is 37.3 Å². The quantitative estimate of drug-likeness (QED) is 0.0956. The summed E-state index contributed by atoms with van der Waals surface area (Å²) in [6, 6.07) is 12.7. The van der Waals surface area contributed by atoms with Crippen molar-refractivity contribution in [2.24, 2.45) is 0 Å². The summed E-state index contributed by atoms with van der Waals surface area (Å²) in [6.07, 6.45) is -3.36. The molecule has 2 nitrogen and oxygen atoms in total. The molecular formula is C32H23F9O2. The van der Waals surface area contributed by atoms with Crippen molar-refractivity contribution in [3.8, 4) is 33.8 Å². The van der Waals surface area contributed by atoms with Crippen LogP contribution in [0.5, 0.6) is 11.5 Å². The fourth-order valence-electron chi connectivity index (χ4n) is 4.39. The molecule has 0 saturated carbocycles. The van der Waals surface area contributed by atoms with Gasteiger partial charge in [0.25, 0.3) is 0 Å². The van der Waals surface area contributed by atoms with Crippen LogP contribution < -0.4 is 9.47 Å². The third-order valence-corrected chi connectivity index (χ3v) is 6.45. The maximum absolute atomic E-state index is 15.1. The summed E-state index contributed by atoms with van der Waals surface area (Å²) >= 11 is 0. The molecule has 0 aliphatic heterocycles. The number of hydrogen-bond donors (Lipinski definition) is 0. The molecular weight excluding hydrogens is 587 g/mol. The normalized spacial score (nSPS) is 11.4. The lowest BCUT2D eigenvalue weighted by molar-refractivity contribution is -0.189. The molecule has 0 unspecified atom stereocenters. The van der Waals surface area contributed by atoms with Gasteiger partial charge in [0.1, 0.15) is 28.8 Å². The highest BCUT2D eigenvalue weighted by Gasteiger charge is 2.41. The molecule has 0 amide bonds. The van der Waals surface area contributed by atoms with E-state index in [0.717, 1.165) is 37.3 Å². The van der Waals surface area contributed by atoms with Crippen molar-refractivity contribution in [1.82, 2.24) is 0 Å². The van der Waals surface area contributed by atoms with Gasteiger partial charge in [0.05, 0.1) is 0 Å². The number of unbranched alkanes of at least 4 members (excludes halogenated alkanes) is 2. The average molecular weight is 611 g/mol. The Morgan fingerprint density at radius 2 is 1.28 bits per heavy atom. The van der Waals surface area contributed by atoms with Gasteiger partial charge < -0.3 is 9.47 Å².